The van der Waals surface area contributed by atoms with Crippen LogP contribution < -0.4 is 0 Å². The summed E-state index contributed by atoms with van der Waals surface area (Å²) in [4.78, 5) is 20.6. The predicted octanol–water partition coefficient (Wildman–Crippen LogP) is 3.58. The van der Waals surface area contributed by atoms with Crippen molar-refractivity contribution in [3.05, 3.63) is 58.7 Å². The maximum absolute atomic E-state index is 13.0. The zero-order valence-electron chi connectivity index (χ0n) is 13.2. The van der Waals surface area contributed by atoms with Gasteiger partial charge in [-0.05, 0) is 43.7 Å². The first-order chi connectivity index (χ1) is 11.0. The van der Waals surface area contributed by atoms with Crippen molar-refractivity contribution < 1.29 is 13.9 Å². The Morgan fingerprint density at radius 2 is 1.83 bits per heavy atom. The van der Waals surface area contributed by atoms with E-state index < -0.39 is 5.97 Å². The molecule has 0 aliphatic heterocycles. The van der Waals surface area contributed by atoms with Gasteiger partial charge in [-0.25, -0.2) is 19.2 Å². The standard InChI is InChI=1S/C17H17FN2O2S/c1-11-8-12(2)20-17(19-11)23-10-14(16(21)22-3)9-13-4-6-15(18)7-5-13/h4-9H,10H2,1-3H3/b14-9+. The lowest BCUT2D eigenvalue weighted by molar-refractivity contribution is -0.135. The lowest BCUT2D eigenvalue weighted by Gasteiger charge is -2.06. The first kappa shape index (κ1) is 17.1. The number of benzene rings is 1. The second kappa shape index (κ2) is 7.87. The molecule has 2 aromatic rings. The number of carbonyl (C=O) groups excluding carboxylic acids is 1. The zero-order chi connectivity index (χ0) is 16.8. The molecule has 0 saturated heterocycles. The van der Waals surface area contributed by atoms with Crippen LogP contribution in [0.3, 0.4) is 0 Å². The first-order valence-electron chi connectivity index (χ1n) is 6.97. The average molecular weight is 332 g/mol. The van der Waals surface area contributed by atoms with Crippen LogP contribution in [0.4, 0.5) is 4.39 Å². The van der Waals surface area contributed by atoms with Crippen LogP contribution in [0.1, 0.15) is 17.0 Å². The fourth-order valence-corrected chi connectivity index (χ4v) is 2.85. The fourth-order valence-electron chi connectivity index (χ4n) is 1.95. The van der Waals surface area contributed by atoms with Crippen LogP contribution in [0.2, 0.25) is 0 Å². The van der Waals surface area contributed by atoms with Gasteiger partial charge in [-0.2, -0.15) is 0 Å². The van der Waals surface area contributed by atoms with E-state index in [0.29, 0.717) is 16.5 Å². The molecule has 1 aromatic carbocycles. The van der Waals surface area contributed by atoms with Gasteiger partial charge in [0.25, 0.3) is 0 Å². The normalized spacial score (nSPS) is 11.4. The molecule has 6 heteroatoms. The minimum absolute atomic E-state index is 0.320. The van der Waals surface area contributed by atoms with Gasteiger partial charge in [-0.3, -0.25) is 0 Å². The molecule has 1 aromatic heterocycles. The van der Waals surface area contributed by atoms with Crippen LogP contribution in [0.15, 0.2) is 41.1 Å². The van der Waals surface area contributed by atoms with E-state index in [9.17, 15) is 9.18 Å². The van der Waals surface area contributed by atoms with Gasteiger partial charge in [-0.15, -0.1) is 0 Å². The molecule has 0 spiro atoms. The highest BCUT2D eigenvalue weighted by atomic mass is 32.2. The summed E-state index contributed by atoms with van der Waals surface area (Å²) in [6.07, 6.45) is 1.68. The molecule has 0 saturated carbocycles. The number of thioether (sulfide) groups is 1. The quantitative estimate of drug-likeness (QED) is 0.362. The summed E-state index contributed by atoms with van der Waals surface area (Å²) in [5.74, 6) is -0.376. The second-order valence-corrected chi connectivity index (χ2v) is 5.88. The van der Waals surface area contributed by atoms with E-state index in [0.717, 1.165) is 17.0 Å². The summed E-state index contributed by atoms with van der Waals surface area (Å²) in [6.45, 7) is 3.79. The second-order valence-electron chi connectivity index (χ2n) is 4.93. The first-order valence-corrected chi connectivity index (χ1v) is 7.96. The third-order valence-corrected chi connectivity index (χ3v) is 3.87. The summed E-state index contributed by atoms with van der Waals surface area (Å²) >= 11 is 1.36. The molecule has 1 heterocycles. The smallest absolute Gasteiger partial charge is 0.334 e. The molecule has 0 aliphatic rings. The zero-order valence-corrected chi connectivity index (χ0v) is 14.0. The Hall–Kier alpha value is -2.21. The molecule has 4 nitrogen and oxygen atoms in total. The van der Waals surface area contributed by atoms with Crippen molar-refractivity contribution in [1.29, 1.82) is 0 Å². The Balaban J connectivity index is 2.18. The number of nitrogens with zero attached hydrogens (tertiary/aromatic N) is 2. The minimum atomic E-state index is -0.425. The lowest BCUT2D eigenvalue weighted by Crippen LogP contribution is -2.07. The number of carbonyl (C=O) groups is 1. The Kier molecular flexibility index (Phi) is 5.87. The summed E-state index contributed by atoms with van der Waals surface area (Å²) in [5.41, 5.74) is 2.95. The van der Waals surface area contributed by atoms with E-state index in [-0.39, 0.29) is 5.82 Å². The van der Waals surface area contributed by atoms with Gasteiger partial charge >= 0.3 is 5.97 Å². The van der Waals surface area contributed by atoms with Crippen LogP contribution in [0.25, 0.3) is 6.08 Å². The Morgan fingerprint density at radius 1 is 1.22 bits per heavy atom. The summed E-state index contributed by atoms with van der Waals surface area (Å²) in [5, 5.41) is 0.608. The number of esters is 1. The van der Waals surface area contributed by atoms with Gasteiger partial charge in [0, 0.05) is 22.7 Å². The van der Waals surface area contributed by atoms with Gasteiger partial charge in [0.15, 0.2) is 5.16 Å². The molecule has 0 atom stereocenters. The van der Waals surface area contributed by atoms with Crippen molar-refractivity contribution in [2.24, 2.45) is 0 Å². The van der Waals surface area contributed by atoms with Crippen molar-refractivity contribution in [2.75, 3.05) is 12.9 Å². The number of methoxy groups -OCH3 is 1. The maximum Gasteiger partial charge on any atom is 0.334 e. The molecule has 0 bridgehead atoms. The molecular weight excluding hydrogens is 315 g/mol. The lowest BCUT2D eigenvalue weighted by atomic mass is 10.1. The van der Waals surface area contributed by atoms with Gasteiger partial charge < -0.3 is 4.74 Å². The molecule has 120 valence electrons. The van der Waals surface area contributed by atoms with Gasteiger partial charge in [0.1, 0.15) is 5.82 Å². The van der Waals surface area contributed by atoms with Crippen molar-refractivity contribution >= 4 is 23.8 Å². The van der Waals surface area contributed by atoms with Gasteiger partial charge in [0.05, 0.1) is 7.11 Å². The topological polar surface area (TPSA) is 52.1 Å². The number of hydrogen-bond donors (Lipinski definition) is 0. The predicted molar refractivity (Wildman–Crippen MR) is 88.6 cm³/mol. The number of hydrogen-bond acceptors (Lipinski definition) is 5. The van der Waals surface area contributed by atoms with Crippen LogP contribution in [0, 0.1) is 19.7 Å². The van der Waals surface area contributed by atoms with Crippen molar-refractivity contribution in [2.45, 2.75) is 19.0 Å². The Morgan fingerprint density at radius 3 is 2.39 bits per heavy atom. The number of aryl methyl sites for hydroxylation is 2. The molecule has 0 aliphatic carbocycles. The summed E-state index contributed by atoms with van der Waals surface area (Å²) < 4.78 is 17.8. The van der Waals surface area contributed by atoms with Crippen LogP contribution in [-0.4, -0.2) is 28.8 Å². The van der Waals surface area contributed by atoms with Crippen molar-refractivity contribution in [1.82, 2.24) is 9.97 Å². The van der Waals surface area contributed by atoms with E-state index in [1.165, 1.54) is 31.0 Å². The number of halogens is 1. The fraction of sp³-hybridized carbons (Fsp3) is 0.235. The molecule has 2 rings (SSSR count). The summed E-state index contributed by atoms with van der Waals surface area (Å²) in [6, 6.07) is 7.80. The van der Waals surface area contributed by atoms with E-state index in [1.807, 2.05) is 19.9 Å². The minimum Gasteiger partial charge on any atom is -0.466 e. The maximum atomic E-state index is 13.0. The molecule has 0 radical (unpaired) electrons. The van der Waals surface area contributed by atoms with Crippen LogP contribution in [-0.2, 0) is 9.53 Å². The Bertz CT molecular complexity index is 710. The highest BCUT2D eigenvalue weighted by Gasteiger charge is 2.12. The molecule has 23 heavy (non-hydrogen) atoms. The van der Waals surface area contributed by atoms with E-state index in [1.54, 1.807) is 18.2 Å². The molecule has 0 unspecified atom stereocenters. The van der Waals surface area contributed by atoms with E-state index in [4.69, 9.17) is 4.74 Å². The third-order valence-electron chi connectivity index (χ3n) is 2.98. The summed E-state index contributed by atoms with van der Waals surface area (Å²) in [7, 11) is 1.33. The number of rotatable bonds is 5. The van der Waals surface area contributed by atoms with Crippen molar-refractivity contribution in [3.8, 4) is 0 Å². The highest BCUT2D eigenvalue weighted by Crippen LogP contribution is 2.20. The third kappa shape index (κ3) is 5.17. The van der Waals surface area contributed by atoms with Gasteiger partial charge in [-0.1, -0.05) is 23.9 Å². The highest BCUT2D eigenvalue weighted by molar-refractivity contribution is 7.99. The van der Waals surface area contributed by atoms with E-state index in [2.05, 4.69) is 9.97 Å². The molecule has 0 fully saturated rings. The Labute approximate surface area is 138 Å². The van der Waals surface area contributed by atoms with Crippen molar-refractivity contribution in [3.63, 3.8) is 0 Å². The van der Waals surface area contributed by atoms with E-state index >= 15 is 0 Å². The number of ether oxygens (including phenoxy) is 1. The van der Waals surface area contributed by atoms with Crippen LogP contribution >= 0.6 is 11.8 Å². The molecular formula is C17H17FN2O2S. The molecule has 0 N–H and O–H groups in total. The van der Waals surface area contributed by atoms with Gasteiger partial charge in [0.2, 0.25) is 0 Å². The SMILES string of the molecule is COC(=O)/C(=C/c1ccc(F)cc1)CSc1nc(C)cc(C)n1. The van der Waals surface area contributed by atoms with Crippen LogP contribution in [0.5, 0.6) is 0 Å². The largest absolute Gasteiger partial charge is 0.466 e. The number of aromatic nitrogens is 2. The monoisotopic (exact) mass is 332 g/mol. The average Bonchev–Trinajstić information content (AvgIpc) is 2.51. The molecule has 0 amide bonds.